The van der Waals surface area contributed by atoms with Gasteiger partial charge in [-0.05, 0) is 35.8 Å². The Morgan fingerprint density at radius 2 is 2.25 bits per heavy atom. The maximum absolute atomic E-state index is 5.72. The zero-order valence-electron chi connectivity index (χ0n) is 10.0. The number of hydrogen-bond donors (Lipinski definition) is 2. The molecule has 0 radical (unpaired) electrons. The fraction of sp³-hybridized carbons (Fsp3) is 0.692. The number of hydrogen-bond acceptors (Lipinski definition) is 3. The Morgan fingerprint density at radius 1 is 1.50 bits per heavy atom. The Morgan fingerprint density at radius 3 is 2.88 bits per heavy atom. The third-order valence-electron chi connectivity index (χ3n) is 3.72. The molecule has 2 rings (SSSR count). The van der Waals surface area contributed by atoms with E-state index in [0.717, 1.165) is 12.3 Å². The second-order valence-corrected chi connectivity index (χ2v) is 5.72. The van der Waals surface area contributed by atoms with Gasteiger partial charge in [-0.1, -0.05) is 32.6 Å². The summed E-state index contributed by atoms with van der Waals surface area (Å²) in [6.07, 6.45) is 7.93. The van der Waals surface area contributed by atoms with Crippen LogP contribution in [-0.2, 0) is 6.42 Å². The van der Waals surface area contributed by atoms with E-state index in [1.807, 2.05) is 11.3 Å². The minimum Gasteiger partial charge on any atom is -0.271 e. The van der Waals surface area contributed by atoms with Gasteiger partial charge in [-0.25, -0.2) is 0 Å². The molecule has 3 N–H and O–H groups in total. The quantitative estimate of drug-likeness (QED) is 0.609. The predicted octanol–water partition coefficient (Wildman–Crippen LogP) is 3.40. The van der Waals surface area contributed by atoms with Crippen LogP contribution in [0.4, 0.5) is 0 Å². The lowest BCUT2D eigenvalue weighted by Gasteiger charge is -2.20. The molecule has 1 fully saturated rings. The van der Waals surface area contributed by atoms with Crippen LogP contribution in [0.25, 0.3) is 0 Å². The molecule has 2 nitrogen and oxygen atoms in total. The van der Waals surface area contributed by atoms with Crippen LogP contribution in [0.15, 0.2) is 11.4 Å². The highest BCUT2D eigenvalue weighted by molar-refractivity contribution is 7.10. The van der Waals surface area contributed by atoms with Crippen molar-refractivity contribution in [1.29, 1.82) is 0 Å². The highest BCUT2D eigenvalue weighted by Gasteiger charge is 2.22. The summed E-state index contributed by atoms with van der Waals surface area (Å²) in [6, 6.07) is 2.61. The largest absolute Gasteiger partial charge is 0.271 e. The van der Waals surface area contributed by atoms with Gasteiger partial charge in [0.05, 0.1) is 6.04 Å². The summed E-state index contributed by atoms with van der Waals surface area (Å²) in [4.78, 5) is 1.46. The summed E-state index contributed by atoms with van der Waals surface area (Å²) in [5.41, 5.74) is 4.48. The third-order valence-corrected chi connectivity index (χ3v) is 4.80. The van der Waals surface area contributed by atoms with Crippen LogP contribution in [0, 0.1) is 5.92 Å². The average molecular weight is 238 g/mol. The second-order valence-electron chi connectivity index (χ2n) is 4.77. The summed E-state index contributed by atoms with van der Waals surface area (Å²) >= 11 is 1.85. The topological polar surface area (TPSA) is 38.0 Å². The number of thiophene rings is 1. The van der Waals surface area contributed by atoms with Gasteiger partial charge >= 0.3 is 0 Å². The van der Waals surface area contributed by atoms with Crippen LogP contribution in [0.2, 0.25) is 0 Å². The Kier molecular flexibility index (Phi) is 4.38. The summed E-state index contributed by atoms with van der Waals surface area (Å²) in [6.45, 7) is 2.22. The van der Waals surface area contributed by atoms with Crippen LogP contribution in [0.5, 0.6) is 0 Å². The van der Waals surface area contributed by atoms with Crippen molar-refractivity contribution in [3.63, 3.8) is 0 Å². The number of rotatable bonds is 5. The minimum atomic E-state index is 0.373. The molecule has 1 heterocycles. The number of aryl methyl sites for hydroxylation is 1. The molecule has 0 amide bonds. The molecule has 0 aromatic carbocycles. The normalized spacial score (nSPS) is 19.1. The van der Waals surface area contributed by atoms with Crippen molar-refractivity contribution in [1.82, 2.24) is 5.43 Å². The zero-order valence-corrected chi connectivity index (χ0v) is 10.9. The van der Waals surface area contributed by atoms with Crippen LogP contribution in [0.3, 0.4) is 0 Å². The molecule has 1 unspecified atom stereocenters. The maximum atomic E-state index is 5.72. The molecular weight excluding hydrogens is 216 g/mol. The van der Waals surface area contributed by atoms with Gasteiger partial charge < -0.3 is 0 Å². The van der Waals surface area contributed by atoms with Crippen LogP contribution in [0.1, 0.15) is 55.5 Å². The van der Waals surface area contributed by atoms with Gasteiger partial charge in [0.1, 0.15) is 0 Å². The van der Waals surface area contributed by atoms with Crippen LogP contribution >= 0.6 is 11.3 Å². The lowest BCUT2D eigenvalue weighted by atomic mass is 9.96. The van der Waals surface area contributed by atoms with Crippen LogP contribution < -0.4 is 11.3 Å². The third kappa shape index (κ3) is 2.65. The van der Waals surface area contributed by atoms with Crippen molar-refractivity contribution < 1.29 is 0 Å². The Hall–Kier alpha value is -0.380. The van der Waals surface area contributed by atoms with Gasteiger partial charge in [0.2, 0.25) is 0 Å². The van der Waals surface area contributed by atoms with Crippen molar-refractivity contribution in [2.45, 2.75) is 51.5 Å². The molecule has 1 atom stereocenters. The van der Waals surface area contributed by atoms with E-state index in [1.54, 1.807) is 0 Å². The Bertz CT molecular complexity index is 315. The lowest BCUT2D eigenvalue weighted by molar-refractivity contribution is 0.403. The van der Waals surface area contributed by atoms with Crippen molar-refractivity contribution in [2.75, 3.05) is 0 Å². The first-order valence-electron chi connectivity index (χ1n) is 6.37. The first kappa shape index (κ1) is 12.1. The van der Waals surface area contributed by atoms with Gasteiger partial charge in [0.15, 0.2) is 0 Å². The van der Waals surface area contributed by atoms with Crippen molar-refractivity contribution in [3.8, 4) is 0 Å². The molecule has 0 spiro atoms. The standard InChI is InChI=1S/C13H22N2S/c1-2-11-7-8-16-13(11)12(15-14)9-10-5-3-4-6-10/h7-8,10,12,15H,2-6,9,14H2,1H3. The monoisotopic (exact) mass is 238 g/mol. The zero-order chi connectivity index (χ0) is 11.4. The van der Waals surface area contributed by atoms with Crippen molar-refractivity contribution in [3.05, 3.63) is 21.9 Å². The molecule has 0 aliphatic heterocycles. The van der Waals surface area contributed by atoms with E-state index in [2.05, 4.69) is 23.8 Å². The first-order valence-corrected chi connectivity index (χ1v) is 7.25. The molecule has 1 aromatic rings. The smallest absolute Gasteiger partial charge is 0.0558 e. The Balaban J connectivity index is 2.03. The van der Waals surface area contributed by atoms with E-state index in [4.69, 9.17) is 5.84 Å². The number of nitrogens with one attached hydrogen (secondary N) is 1. The summed E-state index contributed by atoms with van der Waals surface area (Å²) in [5.74, 6) is 6.60. The molecule has 0 bridgehead atoms. The molecule has 1 saturated carbocycles. The van der Waals surface area contributed by atoms with E-state index in [-0.39, 0.29) is 0 Å². The van der Waals surface area contributed by atoms with Gasteiger partial charge in [0.25, 0.3) is 0 Å². The molecule has 16 heavy (non-hydrogen) atoms. The maximum Gasteiger partial charge on any atom is 0.0558 e. The van der Waals surface area contributed by atoms with E-state index < -0.39 is 0 Å². The lowest BCUT2D eigenvalue weighted by Crippen LogP contribution is -2.29. The van der Waals surface area contributed by atoms with Gasteiger partial charge in [-0.15, -0.1) is 11.3 Å². The summed E-state index contributed by atoms with van der Waals surface area (Å²) in [7, 11) is 0. The molecule has 3 heteroatoms. The van der Waals surface area contributed by atoms with E-state index in [1.165, 1.54) is 42.5 Å². The highest BCUT2D eigenvalue weighted by Crippen LogP contribution is 2.35. The Labute approximate surface area is 102 Å². The van der Waals surface area contributed by atoms with Crippen molar-refractivity contribution in [2.24, 2.45) is 11.8 Å². The molecule has 90 valence electrons. The van der Waals surface area contributed by atoms with Crippen LogP contribution in [-0.4, -0.2) is 0 Å². The molecule has 1 aliphatic rings. The molecule has 0 saturated heterocycles. The van der Waals surface area contributed by atoms with Gasteiger partial charge in [0, 0.05) is 4.88 Å². The van der Waals surface area contributed by atoms with Gasteiger partial charge in [-0.2, -0.15) is 0 Å². The average Bonchev–Trinajstić information content (AvgIpc) is 2.96. The fourth-order valence-electron chi connectivity index (χ4n) is 2.78. The van der Waals surface area contributed by atoms with E-state index >= 15 is 0 Å². The summed E-state index contributed by atoms with van der Waals surface area (Å²) in [5, 5.41) is 2.19. The molecule has 1 aromatic heterocycles. The van der Waals surface area contributed by atoms with E-state index in [9.17, 15) is 0 Å². The highest BCUT2D eigenvalue weighted by atomic mass is 32.1. The van der Waals surface area contributed by atoms with Crippen molar-refractivity contribution >= 4 is 11.3 Å². The number of nitrogens with two attached hydrogens (primary N) is 1. The number of hydrazine groups is 1. The minimum absolute atomic E-state index is 0.373. The first-order chi connectivity index (χ1) is 7.85. The molecule has 1 aliphatic carbocycles. The SMILES string of the molecule is CCc1ccsc1C(CC1CCCC1)NN. The summed E-state index contributed by atoms with van der Waals surface area (Å²) < 4.78 is 0. The fourth-order valence-corrected chi connectivity index (χ4v) is 3.85. The second kappa shape index (κ2) is 5.80. The van der Waals surface area contributed by atoms with E-state index in [0.29, 0.717) is 6.04 Å². The van der Waals surface area contributed by atoms with Gasteiger partial charge in [-0.3, -0.25) is 11.3 Å². The predicted molar refractivity (Wildman–Crippen MR) is 70.3 cm³/mol. The molecular formula is C13H22N2S.